The zero-order valence-corrected chi connectivity index (χ0v) is 32.4. The van der Waals surface area contributed by atoms with Crippen molar-refractivity contribution in [3.63, 3.8) is 0 Å². The number of hydrogen-bond acceptors (Lipinski definition) is 1. The zero-order chi connectivity index (χ0) is 38.5. The highest BCUT2D eigenvalue weighted by Gasteiger charge is 2.36. The summed E-state index contributed by atoms with van der Waals surface area (Å²) in [7, 11) is 0. The molecular formula is C57H38O. The molecule has 1 nitrogen and oxygen atoms in total. The lowest BCUT2D eigenvalue weighted by molar-refractivity contribution is 0.661. The Labute approximate surface area is 337 Å². The van der Waals surface area contributed by atoms with Crippen LogP contribution in [0.4, 0.5) is 0 Å². The second-order valence-corrected chi connectivity index (χ2v) is 16.4. The van der Waals surface area contributed by atoms with Crippen molar-refractivity contribution in [1.29, 1.82) is 0 Å². The Hall–Kier alpha value is -7.22. The van der Waals surface area contributed by atoms with Gasteiger partial charge in [-0.15, -0.1) is 0 Å². The Morgan fingerprint density at radius 2 is 0.776 bits per heavy atom. The molecule has 0 amide bonds. The Balaban J connectivity index is 0.935. The number of benzene rings is 10. The first-order valence-electron chi connectivity index (χ1n) is 20.2. The first kappa shape index (κ1) is 33.0. The molecule has 0 aliphatic heterocycles. The summed E-state index contributed by atoms with van der Waals surface area (Å²) in [5, 5.41) is 9.96. The van der Waals surface area contributed by atoms with Crippen LogP contribution in [0, 0.1) is 0 Å². The Bertz CT molecular complexity index is 3390. The fourth-order valence-electron chi connectivity index (χ4n) is 10.0. The molecule has 0 N–H and O–H groups in total. The van der Waals surface area contributed by atoms with Gasteiger partial charge >= 0.3 is 0 Å². The van der Waals surface area contributed by atoms with E-state index in [2.05, 4.69) is 196 Å². The molecule has 12 rings (SSSR count). The molecule has 0 saturated heterocycles. The number of furan rings is 1. The van der Waals surface area contributed by atoms with E-state index in [-0.39, 0.29) is 5.41 Å². The van der Waals surface area contributed by atoms with Crippen molar-refractivity contribution in [2.24, 2.45) is 0 Å². The summed E-state index contributed by atoms with van der Waals surface area (Å²) >= 11 is 0. The van der Waals surface area contributed by atoms with Crippen molar-refractivity contribution in [2.75, 3.05) is 0 Å². The number of rotatable bonds is 4. The molecule has 0 unspecified atom stereocenters. The lowest BCUT2D eigenvalue weighted by atomic mass is 9.81. The average Bonchev–Trinajstić information content (AvgIpc) is 3.76. The second kappa shape index (κ2) is 12.4. The standard InChI is InChI=1S/C57H38O/c1-57(2)50-31-28-37-11-3-4-12-42(37)56(50)48-30-27-41(34-51(48)57)36-21-25-39(26-22-36)55-46-16-7-5-14-44(46)54(45-15-6-8-17-47(45)55)38-23-19-35(20-24-38)40-29-32-53-49(33-40)43-13-9-10-18-52(43)58-53/h3-34H,1-2H3. The third kappa shape index (κ3) is 4.83. The molecule has 10 aromatic carbocycles. The third-order valence-electron chi connectivity index (χ3n) is 12.9. The molecule has 1 aliphatic rings. The summed E-state index contributed by atoms with van der Waals surface area (Å²) < 4.78 is 6.11. The molecule has 58 heavy (non-hydrogen) atoms. The van der Waals surface area contributed by atoms with Gasteiger partial charge in [-0.2, -0.15) is 0 Å². The minimum absolute atomic E-state index is 0.0749. The molecule has 11 aromatic rings. The first-order chi connectivity index (χ1) is 28.5. The summed E-state index contributed by atoms with van der Waals surface area (Å²) in [6, 6.07) is 71.5. The summed E-state index contributed by atoms with van der Waals surface area (Å²) in [5.41, 5.74) is 17.1. The molecule has 0 atom stereocenters. The van der Waals surface area contributed by atoms with Crippen LogP contribution in [0.25, 0.3) is 110 Å². The van der Waals surface area contributed by atoms with E-state index < -0.39 is 0 Å². The molecule has 0 radical (unpaired) electrons. The average molecular weight is 739 g/mol. The lowest BCUT2D eigenvalue weighted by Gasteiger charge is -2.22. The normalized spacial score (nSPS) is 13.1. The summed E-state index contributed by atoms with van der Waals surface area (Å²) in [4.78, 5) is 0. The molecule has 1 heteroatoms. The maximum Gasteiger partial charge on any atom is 0.135 e. The van der Waals surface area contributed by atoms with Crippen LogP contribution in [-0.2, 0) is 5.41 Å². The predicted octanol–water partition coefficient (Wildman–Crippen LogP) is 16.0. The van der Waals surface area contributed by atoms with Crippen LogP contribution < -0.4 is 0 Å². The number of para-hydroxylation sites is 1. The number of fused-ring (bicyclic) bond motifs is 10. The fraction of sp³-hybridized carbons (Fsp3) is 0.0526. The van der Waals surface area contributed by atoms with E-state index in [0.29, 0.717) is 0 Å². The monoisotopic (exact) mass is 738 g/mol. The van der Waals surface area contributed by atoms with Crippen LogP contribution in [-0.4, -0.2) is 0 Å². The van der Waals surface area contributed by atoms with Gasteiger partial charge in [0.15, 0.2) is 0 Å². The van der Waals surface area contributed by atoms with Gasteiger partial charge in [0.05, 0.1) is 0 Å². The van der Waals surface area contributed by atoms with Crippen LogP contribution >= 0.6 is 0 Å². The van der Waals surface area contributed by atoms with Gasteiger partial charge in [-0.05, 0) is 123 Å². The highest BCUT2D eigenvalue weighted by molar-refractivity contribution is 6.21. The lowest BCUT2D eigenvalue weighted by Crippen LogP contribution is -2.15. The van der Waals surface area contributed by atoms with Gasteiger partial charge in [0.1, 0.15) is 11.2 Å². The predicted molar refractivity (Wildman–Crippen MR) is 246 cm³/mol. The quantitative estimate of drug-likeness (QED) is 0.164. The van der Waals surface area contributed by atoms with Crippen molar-refractivity contribution in [2.45, 2.75) is 19.3 Å². The summed E-state index contributed by atoms with van der Waals surface area (Å²) in [5.74, 6) is 0. The van der Waals surface area contributed by atoms with Crippen molar-refractivity contribution in [3.05, 3.63) is 205 Å². The van der Waals surface area contributed by atoms with E-state index in [1.165, 1.54) is 99.1 Å². The molecule has 1 aliphatic carbocycles. The SMILES string of the molecule is CC1(C)c2cc(-c3ccc(-c4c5ccccc5c(-c5ccc(-c6ccc7oc8ccccc8c7c6)cc5)c5ccccc45)cc3)ccc2-c2c1ccc1ccccc21. The summed E-state index contributed by atoms with van der Waals surface area (Å²) in [6.45, 7) is 4.74. The van der Waals surface area contributed by atoms with E-state index in [9.17, 15) is 0 Å². The Morgan fingerprint density at radius 1 is 0.310 bits per heavy atom. The Morgan fingerprint density at radius 3 is 1.40 bits per heavy atom. The number of hydrogen-bond donors (Lipinski definition) is 0. The molecule has 0 saturated carbocycles. The van der Waals surface area contributed by atoms with Gasteiger partial charge in [-0.25, -0.2) is 0 Å². The highest BCUT2D eigenvalue weighted by atomic mass is 16.3. The highest BCUT2D eigenvalue weighted by Crippen LogP contribution is 2.52. The van der Waals surface area contributed by atoms with Gasteiger partial charge < -0.3 is 4.42 Å². The van der Waals surface area contributed by atoms with Crippen LogP contribution in [0.1, 0.15) is 25.0 Å². The minimum atomic E-state index is -0.0749. The third-order valence-corrected chi connectivity index (χ3v) is 12.9. The molecule has 0 fully saturated rings. The van der Waals surface area contributed by atoms with Crippen molar-refractivity contribution in [1.82, 2.24) is 0 Å². The maximum absolute atomic E-state index is 6.11. The van der Waals surface area contributed by atoms with Gasteiger partial charge in [-0.3, -0.25) is 0 Å². The van der Waals surface area contributed by atoms with Crippen LogP contribution in [0.3, 0.4) is 0 Å². The topological polar surface area (TPSA) is 13.1 Å². The molecule has 272 valence electrons. The molecule has 1 aromatic heterocycles. The van der Waals surface area contributed by atoms with Gasteiger partial charge in [-0.1, -0.05) is 184 Å². The molecular weight excluding hydrogens is 701 g/mol. The van der Waals surface area contributed by atoms with E-state index >= 15 is 0 Å². The maximum atomic E-state index is 6.11. The largest absolute Gasteiger partial charge is 0.456 e. The molecule has 1 heterocycles. The van der Waals surface area contributed by atoms with Crippen LogP contribution in [0.15, 0.2) is 199 Å². The minimum Gasteiger partial charge on any atom is -0.456 e. The second-order valence-electron chi connectivity index (χ2n) is 16.4. The van der Waals surface area contributed by atoms with E-state index in [1.54, 1.807) is 0 Å². The summed E-state index contributed by atoms with van der Waals surface area (Å²) in [6.07, 6.45) is 0. The van der Waals surface area contributed by atoms with Gasteiger partial charge in [0.2, 0.25) is 0 Å². The first-order valence-corrected chi connectivity index (χ1v) is 20.2. The smallest absolute Gasteiger partial charge is 0.135 e. The zero-order valence-electron chi connectivity index (χ0n) is 32.4. The van der Waals surface area contributed by atoms with E-state index in [4.69, 9.17) is 4.42 Å². The van der Waals surface area contributed by atoms with Gasteiger partial charge in [0.25, 0.3) is 0 Å². The van der Waals surface area contributed by atoms with E-state index in [0.717, 1.165) is 21.9 Å². The van der Waals surface area contributed by atoms with Crippen molar-refractivity contribution >= 4 is 54.3 Å². The van der Waals surface area contributed by atoms with Crippen molar-refractivity contribution in [3.8, 4) is 55.6 Å². The molecule has 0 spiro atoms. The van der Waals surface area contributed by atoms with Gasteiger partial charge in [0, 0.05) is 16.2 Å². The van der Waals surface area contributed by atoms with Crippen molar-refractivity contribution < 1.29 is 4.42 Å². The van der Waals surface area contributed by atoms with Crippen LogP contribution in [0.2, 0.25) is 0 Å². The fourth-order valence-corrected chi connectivity index (χ4v) is 10.0. The van der Waals surface area contributed by atoms with E-state index in [1.807, 2.05) is 12.1 Å². The Kier molecular flexibility index (Phi) is 7.04. The molecule has 0 bridgehead atoms. The van der Waals surface area contributed by atoms with Crippen LogP contribution in [0.5, 0.6) is 0 Å².